The first-order valence-electron chi connectivity index (χ1n) is 10.1. The number of aliphatic hydroxyl groups is 1. The van der Waals surface area contributed by atoms with Crippen molar-refractivity contribution < 1.29 is 19.4 Å². The zero-order valence-corrected chi connectivity index (χ0v) is 15.8. The van der Waals surface area contributed by atoms with E-state index < -0.39 is 0 Å². The molecule has 25 heavy (non-hydrogen) atoms. The van der Waals surface area contributed by atoms with Crippen LogP contribution in [0.3, 0.4) is 0 Å². The minimum atomic E-state index is -0.356. The maximum atomic E-state index is 12.0. The number of carbonyl (C=O) groups excluding carboxylic acids is 2. The van der Waals surface area contributed by atoms with Crippen molar-refractivity contribution >= 4 is 11.8 Å². The molecule has 0 saturated heterocycles. The van der Waals surface area contributed by atoms with Gasteiger partial charge in [0.05, 0.1) is 6.10 Å². The fourth-order valence-electron chi connectivity index (χ4n) is 7.43. The molecule has 0 spiro atoms. The Morgan fingerprint density at radius 1 is 1.08 bits per heavy atom. The van der Waals surface area contributed by atoms with Gasteiger partial charge >= 0.3 is 5.97 Å². The van der Waals surface area contributed by atoms with Crippen molar-refractivity contribution in [3.8, 4) is 0 Å². The lowest BCUT2D eigenvalue weighted by Gasteiger charge is -2.61. The highest BCUT2D eigenvalue weighted by molar-refractivity contribution is 5.79. The highest BCUT2D eigenvalue weighted by Crippen LogP contribution is 2.66. The van der Waals surface area contributed by atoms with E-state index in [1.54, 1.807) is 0 Å². The van der Waals surface area contributed by atoms with Crippen LogP contribution in [0.2, 0.25) is 0 Å². The number of carbonyl (C=O) groups is 2. The molecule has 4 rings (SSSR count). The van der Waals surface area contributed by atoms with Crippen molar-refractivity contribution in [1.29, 1.82) is 0 Å². The molecule has 0 amide bonds. The first-order valence-corrected chi connectivity index (χ1v) is 10.1. The normalized spacial score (nSPS) is 52.1. The Morgan fingerprint density at radius 2 is 1.80 bits per heavy atom. The number of ketones is 1. The maximum Gasteiger partial charge on any atom is 0.302 e. The fraction of sp³-hybridized carbons (Fsp3) is 0.905. The molecule has 4 heteroatoms. The molecule has 0 aromatic heterocycles. The zero-order valence-electron chi connectivity index (χ0n) is 15.8. The van der Waals surface area contributed by atoms with Gasteiger partial charge in [-0.3, -0.25) is 9.59 Å². The summed E-state index contributed by atoms with van der Waals surface area (Å²) in [6.07, 6.45) is 6.99. The summed E-state index contributed by atoms with van der Waals surface area (Å²) in [6, 6.07) is 0. The van der Waals surface area contributed by atoms with Gasteiger partial charge < -0.3 is 9.84 Å². The molecule has 1 N–H and O–H groups in total. The van der Waals surface area contributed by atoms with E-state index in [2.05, 4.69) is 13.8 Å². The van der Waals surface area contributed by atoms with Crippen LogP contribution in [-0.4, -0.2) is 29.1 Å². The quantitative estimate of drug-likeness (QED) is 0.737. The number of ether oxygens (including phenoxy) is 1. The number of aliphatic hydroxyl groups excluding tert-OH is 1. The molecule has 140 valence electrons. The van der Waals surface area contributed by atoms with E-state index in [-0.39, 0.29) is 34.9 Å². The predicted molar refractivity (Wildman–Crippen MR) is 93.7 cm³/mol. The summed E-state index contributed by atoms with van der Waals surface area (Å²) in [5, 5.41) is 10.9. The Bertz CT molecular complexity index is 586. The molecular formula is C21H32O4. The molecule has 0 aromatic rings. The molecule has 0 heterocycles. The van der Waals surface area contributed by atoms with Gasteiger partial charge in [-0.2, -0.15) is 0 Å². The van der Waals surface area contributed by atoms with E-state index in [0.29, 0.717) is 36.4 Å². The smallest absolute Gasteiger partial charge is 0.302 e. The summed E-state index contributed by atoms with van der Waals surface area (Å²) in [5.41, 5.74) is 0.150. The average Bonchev–Trinajstić information content (AvgIpc) is 2.86. The topological polar surface area (TPSA) is 63.6 Å². The van der Waals surface area contributed by atoms with E-state index in [4.69, 9.17) is 4.74 Å². The molecule has 4 saturated carbocycles. The van der Waals surface area contributed by atoms with Crippen LogP contribution in [0.1, 0.15) is 72.1 Å². The molecule has 0 radical (unpaired) electrons. The lowest BCUT2D eigenvalue weighted by Crippen LogP contribution is -2.58. The highest BCUT2D eigenvalue weighted by Gasteiger charge is 2.62. The second kappa shape index (κ2) is 5.80. The summed E-state index contributed by atoms with van der Waals surface area (Å²) in [5.74, 6) is 1.93. The minimum Gasteiger partial charge on any atom is -0.462 e. The van der Waals surface area contributed by atoms with Crippen molar-refractivity contribution in [2.45, 2.75) is 84.3 Å². The molecule has 4 aliphatic rings. The molecule has 4 fully saturated rings. The van der Waals surface area contributed by atoms with Crippen LogP contribution in [0.4, 0.5) is 0 Å². The number of rotatable bonds is 1. The summed E-state index contributed by atoms with van der Waals surface area (Å²) < 4.78 is 5.69. The second-order valence-corrected chi connectivity index (χ2v) is 9.75. The lowest BCUT2D eigenvalue weighted by atomic mass is 9.44. The van der Waals surface area contributed by atoms with Gasteiger partial charge in [0.2, 0.25) is 0 Å². The van der Waals surface area contributed by atoms with Crippen molar-refractivity contribution in [1.82, 2.24) is 0 Å². The number of hydrogen-bond donors (Lipinski definition) is 1. The Labute approximate surface area is 150 Å². The van der Waals surface area contributed by atoms with Gasteiger partial charge in [-0.15, -0.1) is 0 Å². The molecule has 0 aliphatic heterocycles. The zero-order chi connectivity index (χ0) is 18.0. The molecular weight excluding hydrogens is 316 g/mol. The van der Waals surface area contributed by atoms with Gasteiger partial charge in [-0.1, -0.05) is 13.8 Å². The molecule has 2 unspecified atom stereocenters. The van der Waals surface area contributed by atoms with Gasteiger partial charge in [0.1, 0.15) is 11.9 Å². The van der Waals surface area contributed by atoms with E-state index in [0.717, 1.165) is 38.5 Å². The van der Waals surface area contributed by atoms with Gasteiger partial charge in [-0.25, -0.2) is 0 Å². The maximum absolute atomic E-state index is 12.0. The van der Waals surface area contributed by atoms with Crippen molar-refractivity contribution in [2.75, 3.05) is 0 Å². The first kappa shape index (κ1) is 17.5. The van der Waals surface area contributed by atoms with E-state index in [1.807, 2.05) is 0 Å². The third-order valence-electron chi connectivity index (χ3n) is 8.72. The monoisotopic (exact) mass is 348 g/mol. The third-order valence-corrected chi connectivity index (χ3v) is 8.72. The molecule has 0 bridgehead atoms. The van der Waals surface area contributed by atoms with Gasteiger partial charge in [0, 0.05) is 25.2 Å². The third kappa shape index (κ3) is 2.50. The van der Waals surface area contributed by atoms with Crippen LogP contribution in [0, 0.1) is 34.5 Å². The number of Topliss-reactive ketones (excluding diaryl/α,β-unsaturated/α-hetero) is 1. The summed E-state index contributed by atoms with van der Waals surface area (Å²) in [6.45, 7) is 6.16. The van der Waals surface area contributed by atoms with Gasteiger partial charge in [-0.05, 0) is 67.6 Å². The fourth-order valence-corrected chi connectivity index (χ4v) is 7.43. The van der Waals surface area contributed by atoms with Crippen LogP contribution < -0.4 is 0 Å². The number of fused-ring (bicyclic) bond motifs is 5. The van der Waals surface area contributed by atoms with Crippen molar-refractivity contribution in [3.63, 3.8) is 0 Å². The molecule has 8 atom stereocenters. The van der Waals surface area contributed by atoms with Gasteiger partial charge in [0.15, 0.2) is 0 Å². The highest BCUT2D eigenvalue weighted by atomic mass is 16.5. The van der Waals surface area contributed by atoms with E-state index in [1.165, 1.54) is 6.92 Å². The van der Waals surface area contributed by atoms with E-state index in [9.17, 15) is 14.7 Å². The average molecular weight is 348 g/mol. The second-order valence-electron chi connectivity index (χ2n) is 9.75. The van der Waals surface area contributed by atoms with Crippen LogP contribution in [0.25, 0.3) is 0 Å². The standard InChI is InChI=1S/C21H32O4/c1-12(22)25-19-5-4-15-14-11-18(24)17-10-13(23)6-8-20(17,2)16(14)7-9-21(15,19)3/h14-19,24H,4-11H2,1-3H3/t14-,15?,16?,17+,18-,19+,20+,21-/m0/s1. The van der Waals surface area contributed by atoms with Crippen LogP contribution in [0.5, 0.6) is 0 Å². The Kier molecular flexibility index (Phi) is 4.06. The Hall–Kier alpha value is -0.900. The summed E-state index contributed by atoms with van der Waals surface area (Å²) >= 11 is 0. The van der Waals surface area contributed by atoms with Crippen LogP contribution >= 0.6 is 0 Å². The van der Waals surface area contributed by atoms with Crippen molar-refractivity contribution in [2.24, 2.45) is 34.5 Å². The lowest BCUT2D eigenvalue weighted by molar-refractivity contribution is -0.176. The molecule has 4 nitrogen and oxygen atoms in total. The first-order chi connectivity index (χ1) is 11.8. The molecule has 4 aliphatic carbocycles. The van der Waals surface area contributed by atoms with Gasteiger partial charge in [0.25, 0.3) is 0 Å². The Morgan fingerprint density at radius 3 is 2.52 bits per heavy atom. The Balaban J connectivity index is 1.62. The summed E-state index contributed by atoms with van der Waals surface area (Å²) in [7, 11) is 0. The summed E-state index contributed by atoms with van der Waals surface area (Å²) in [4.78, 5) is 23.5. The molecule has 0 aromatic carbocycles. The van der Waals surface area contributed by atoms with E-state index >= 15 is 0 Å². The van der Waals surface area contributed by atoms with Crippen LogP contribution in [-0.2, 0) is 14.3 Å². The number of esters is 1. The minimum absolute atomic E-state index is 0.0338. The number of hydrogen-bond acceptors (Lipinski definition) is 4. The predicted octanol–water partition coefficient (Wildman–Crippen LogP) is 3.50. The SMILES string of the molecule is CC(=O)O[C@@H]1CCC2[C@@H]3C[C@H](O)[C@H]4CC(=O)CC[C@]4(C)C3CC[C@@]21C. The van der Waals surface area contributed by atoms with Crippen LogP contribution in [0.15, 0.2) is 0 Å². The largest absolute Gasteiger partial charge is 0.462 e. The van der Waals surface area contributed by atoms with Crippen molar-refractivity contribution in [3.05, 3.63) is 0 Å².